The highest BCUT2D eigenvalue weighted by Crippen LogP contribution is 2.37. The van der Waals surface area contributed by atoms with Gasteiger partial charge in [-0.25, -0.2) is 0 Å². The van der Waals surface area contributed by atoms with Gasteiger partial charge in [0.25, 0.3) is 0 Å². The highest BCUT2D eigenvalue weighted by Gasteiger charge is 2.21. The van der Waals surface area contributed by atoms with Crippen LogP contribution in [0.25, 0.3) is 0 Å². The Balaban J connectivity index is 2.39. The van der Waals surface area contributed by atoms with Crippen molar-refractivity contribution in [3.8, 4) is 11.5 Å². The van der Waals surface area contributed by atoms with Crippen molar-refractivity contribution in [2.75, 3.05) is 20.8 Å². The summed E-state index contributed by atoms with van der Waals surface area (Å²) >= 11 is 0. The molecule has 16 heavy (non-hydrogen) atoms. The lowest BCUT2D eigenvalue weighted by molar-refractivity contribution is 0.352. The second kappa shape index (κ2) is 4.74. The van der Waals surface area contributed by atoms with Crippen LogP contribution in [-0.2, 0) is 0 Å². The molecule has 0 amide bonds. The Labute approximate surface area is 96.8 Å². The van der Waals surface area contributed by atoms with Gasteiger partial charge in [-0.05, 0) is 43.5 Å². The Kier molecular flexibility index (Phi) is 3.34. The van der Waals surface area contributed by atoms with Gasteiger partial charge in [-0.1, -0.05) is 6.07 Å². The van der Waals surface area contributed by atoms with Crippen LogP contribution in [0.1, 0.15) is 30.0 Å². The predicted octanol–water partition coefficient (Wildman–Crippen LogP) is 2.44. The summed E-state index contributed by atoms with van der Waals surface area (Å²) in [4.78, 5) is 0. The topological polar surface area (TPSA) is 30.5 Å². The zero-order valence-electron chi connectivity index (χ0n) is 10.2. The molecule has 88 valence electrons. The van der Waals surface area contributed by atoms with Crippen LogP contribution in [0.2, 0.25) is 0 Å². The summed E-state index contributed by atoms with van der Waals surface area (Å²) in [5, 5.41) is 3.51. The normalized spacial score (nSPS) is 19.8. The third-order valence-corrected chi connectivity index (χ3v) is 3.27. The molecular weight excluding hydrogens is 202 g/mol. The lowest BCUT2D eigenvalue weighted by atomic mass is 9.99. The van der Waals surface area contributed by atoms with E-state index in [1.807, 2.05) is 6.07 Å². The van der Waals surface area contributed by atoms with Crippen molar-refractivity contribution in [1.82, 2.24) is 5.32 Å². The molecule has 3 heteroatoms. The van der Waals surface area contributed by atoms with Crippen LogP contribution >= 0.6 is 0 Å². The number of hydrogen-bond donors (Lipinski definition) is 1. The molecule has 0 radical (unpaired) electrons. The summed E-state index contributed by atoms with van der Waals surface area (Å²) in [5.41, 5.74) is 2.51. The number of nitrogens with one attached hydrogen (secondary N) is 1. The summed E-state index contributed by atoms with van der Waals surface area (Å²) in [6, 6.07) is 4.60. The SMILES string of the molecule is COc1ccc(C2CCCN2)c(C)c1OC. The minimum absolute atomic E-state index is 0.472. The second-order valence-corrected chi connectivity index (χ2v) is 4.16. The summed E-state index contributed by atoms with van der Waals surface area (Å²) in [7, 11) is 3.36. The molecule has 2 rings (SSSR count). The predicted molar refractivity (Wildman–Crippen MR) is 64.3 cm³/mol. The zero-order valence-corrected chi connectivity index (χ0v) is 10.2. The average Bonchev–Trinajstić information content (AvgIpc) is 2.81. The largest absolute Gasteiger partial charge is 0.493 e. The van der Waals surface area contributed by atoms with Crippen LogP contribution in [0.3, 0.4) is 0 Å². The van der Waals surface area contributed by atoms with Crippen LogP contribution in [-0.4, -0.2) is 20.8 Å². The standard InChI is InChI=1S/C13H19NO2/c1-9-10(11-5-4-8-14-11)6-7-12(15-2)13(9)16-3/h6-7,11,14H,4-5,8H2,1-3H3. The van der Waals surface area contributed by atoms with Crippen LogP contribution in [0.15, 0.2) is 12.1 Å². The Hall–Kier alpha value is -1.22. The number of rotatable bonds is 3. The highest BCUT2D eigenvalue weighted by molar-refractivity contribution is 5.51. The van der Waals surface area contributed by atoms with Gasteiger partial charge in [0.2, 0.25) is 0 Å². The molecule has 0 aliphatic carbocycles. The van der Waals surface area contributed by atoms with Crippen LogP contribution in [0.5, 0.6) is 11.5 Å². The number of benzene rings is 1. The Morgan fingerprint density at radius 3 is 2.62 bits per heavy atom. The van der Waals surface area contributed by atoms with Gasteiger partial charge in [0.05, 0.1) is 14.2 Å². The average molecular weight is 221 g/mol. The molecule has 1 aliphatic heterocycles. The quantitative estimate of drug-likeness (QED) is 0.850. The van der Waals surface area contributed by atoms with Crippen molar-refractivity contribution in [3.05, 3.63) is 23.3 Å². The summed E-state index contributed by atoms with van der Waals surface area (Å²) in [6.07, 6.45) is 2.45. The van der Waals surface area contributed by atoms with Crippen LogP contribution in [0.4, 0.5) is 0 Å². The maximum Gasteiger partial charge on any atom is 0.163 e. The Morgan fingerprint density at radius 1 is 1.25 bits per heavy atom. The van der Waals surface area contributed by atoms with E-state index >= 15 is 0 Å². The van der Waals surface area contributed by atoms with Crippen molar-refractivity contribution in [2.45, 2.75) is 25.8 Å². The molecule has 1 atom stereocenters. The second-order valence-electron chi connectivity index (χ2n) is 4.16. The molecule has 0 aromatic heterocycles. The Bertz CT molecular complexity index is 370. The minimum atomic E-state index is 0.472. The van der Waals surface area contributed by atoms with Crippen molar-refractivity contribution in [2.24, 2.45) is 0 Å². The summed E-state index contributed by atoms with van der Waals surface area (Å²) < 4.78 is 10.7. The highest BCUT2D eigenvalue weighted by atomic mass is 16.5. The monoisotopic (exact) mass is 221 g/mol. The van der Waals surface area contributed by atoms with Gasteiger partial charge >= 0.3 is 0 Å². The molecule has 1 unspecified atom stereocenters. The smallest absolute Gasteiger partial charge is 0.163 e. The van der Waals surface area contributed by atoms with Crippen molar-refractivity contribution in [1.29, 1.82) is 0 Å². The number of ether oxygens (including phenoxy) is 2. The van der Waals surface area contributed by atoms with E-state index in [9.17, 15) is 0 Å². The summed E-state index contributed by atoms with van der Waals surface area (Å²) in [5.74, 6) is 1.66. The maximum absolute atomic E-state index is 5.41. The first-order valence-electron chi connectivity index (χ1n) is 5.72. The van der Waals surface area contributed by atoms with Gasteiger partial charge in [-0.15, -0.1) is 0 Å². The fraction of sp³-hybridized carbons (Fsp3) is 0.538. The molecule has 1 heterocycles. The first-order chi connectivity index (χ1) is 7.77. The van der Waals surface area contributed by atoms with E-state index in [1.54, 1.807) is 14.2 Å². The van der Waals surface area contributed by atoms with Crippen molar-refractivity contribution >= 4 is 0 Å². The van der Waals surface area contributed by atoms with Crippen LogP contribution < -0.4 is 14.8 Å². The number of methoxy groups -OCH3 is 2. The van der Waals surface area contributed by atoms with Gasteiger partial charge in [0.15, 0.2) is 11.5 Å². The summed E-state index contributed by atoms with van der Waals surface area (Å²) in [6.45, 7) is 3.20. The molecule has 1 saturated heterocycles. The third kappa shape index (κ3) is 1.87. The van der Waals surface area contributed by atoms with E-state index in [2.05, 4.69) is 18.3 Å². The molecular formula is C13H19NO2. The fourth-order valence-corrected chi connectivity index (χ4v) is 2.42. The lowest BCUT2D eigenvalue weighted by Gasteiger charge is -2.18. The van der Waals surface area contributed by atoms with Gasteiger partial charge < -0.3 is 14.8 Å². The van der Waals surface area contributed by atoms with E-state index in [4.69, 9.17) is 9.47 Å². The van der Waals surface area contributed by atoms with Crippen LogP contribution in [0, 0.1) is 6.92 Å². The maximum atomic E-state index is 5.41. The molecule has 0 saturated carbocycles. The Morgan fingerprint density at radius 2 is 2.06 bits per heavy atom. The molecule has 1 aliphatic rings. The van der Waals surface area contributed by atoms with Gasteiger partial charge in [-0.2, -0.15) is 0 Å². The van der Waals surface area contributed by atoms with E-state index in [0.717, 1.165) is 18.0 Å². The van der Waals surface area contributed by atoms with Crippen molar-refractivity contribution < 1.29 is 9.47 Å². The van der Waals surface area contributed by atoms with Gasteiger partial charge in [-0.3, -0.25) is 0 Å². The van der Waals surface area contributed by atoms with Gasteiger partial charge in [0, 0.05) is 6.04 Å². The van der Waals surface area contributed by atoms with Crippen molar-refractivity contribution in [3.63, 3.8) is 0 Å². The molecule has 1 fully saturated rings. The molecule has 1 aromatic carbocycles. The van der Waals surface area contributed by atoms with E-state index in [1.165, 1.54) is 24.0 Å². The molecule has 1 N–H and O–H groups in total. The first kappa shape index (κ1) is 11.3. The third-order valence-electron chi connectivity index (χ3n) is 3.27. The minimum Gasteiger partial charge on any atom is -0.493 e. The van der Waals surface area contributed by atoms with E-state index in [0.29, 0.717) is 6.04 Å². The molecule has 0 bridgehead atoms. The molecule has 1 aromatic rings. The lowest BCUT2D eigenvalue weighted by Crippen LogP contribution is -2.14. The zero-order chi connectivity index (χ0) is 11.5. The molecule has 0 spiro atoms. The van der Waals surface area contributed by atoms with E-state index < -0.39 is 0 Å². The fourth-order valence-electron chi connectivity index (χ4n) is 2.42. The number of hydrogen-bond acceptors (Lipinski definition) is 3. The first-order valence-corrected chi connectivity index (χ1v) is 5.72. The molecule has 3 nitrogen and oxygen atoms in total. The van der Waals surface area contributed by atoms with E-state index in [-0.39, 0.29) is 0 Å². The van der Waals surface area contributed by atoms with Gasteiger partial charge in [0.1, 0.15) is 0 Å².